The molecule has 37 heavy (non-hydrogen) atoms. The third-order valence-corrected chi connectivity index (χ3v) is 6.34. The fraction of sp³-hybridized carbons (Fsp3) is 0.519. The van der Waals surface area contributed by atoms with E-state index in [-0.39, 0.29) is 30.3 Å². The molecule has 0 amide bonds. The maximum Gasteiger partial charge on any atom is 0.328 e. The van der Waals surface area contributed by atoms with Crippen molar-refractivity contribution in [2.24, 2.45) is 28.1 Å². The molecule has 2 aromatic rings. The lowest BCUT2D eigenvalue weighted by molar-refractivity contribution is -0.275. The minimum atomic E-state index is -1.08. The number of pyridine rings is 1. The number of carboxylic acid groups (broad SMARTS) is 1. The Bertz CT molecular complexity index is 970. The van der Waals surface area contributed by atoms with Crippen LogP contribution in [0.2, 0.25) is 0 Å². The molecule has 0 fully saturated rings. The van der Waals surface area contributed by atoms with Crippen molar-refractivity contribution < 1.29 is 15.0 Å². The van der Waals surface area contributed by atoms with E-state index in [0.29, 0.717) is 17.8 Å². The van der Waals surface area contributed by atoms with Crippen molar-refractivity contribution in [2.75, 3.05) is 6.54 Å². The number of unbranched alkanes of at least 4 members (excludes halogenated alkanes) is 1. The maximum atomic E-state index is 11.6. The standard InChI is InChI=1S/C27H42N7O3/c1-2-3-7-22(28)8-4-6-19(15-20-11-13-25(35)32-17-20)10-12-23(34-24-9-5-14-31-24)21(16-26(36)37)18-33-27(29)30/h5,9,11,13-14,16-17,19,22-23,31H,2-4,6-8,10,12,15,18,28H2,1H3,(H,32,35)(H,36,37)(H4,29,30,33)/q-1/p-1/b21-16+/t19-,22+,23-/m1/s1. The van der Waals surface area contributed by atoms with E-state index in [1.54, 1.807) is 12.4 Å². The molecule has 2 rings (SSSR count). The Labute approximate surface area is 219 Å². The van der Waals surface area contributed by atoms with Gasteiger partial charge in [0.05, 0.1) is 6.54 Å². The topological polar surface area (TPSA) is 194 Å². The monoisotopic (exact) mass is 511 g/mol. The predicted molar refractivity (Wildman–Crippen MR) is 145 cm³/mol. The Morgan fingerprint density at radius 3 is 2.59 bits per heavy atom. The lowest BCUT2D eigenvalue weighted by Crippen LogP contribution is -2.24. The number of aliphatic imine (C=N–C) groups is 1. The zero-order valence-electron chi connectivity index (χ0n) is 21.7. The first-order chi connectivity index (χ1) is 17.8. The number of carbonyl (C=O) groups is 1. The quantitative estimate of drug-likeness (QED) is 0.115. The molecule has 3 atom stereocenters. The average molecular weight is 512 g/mol. The van der Waals surface area contributed by atoms with Crippen molar-refractivity contribution in [3.63, 3.8) is 0 Å². The lowest BCUT2D eigenvalue weighted by Gasteiger charge is -2.29. The Kier molecular flexibility index (Phi) is 13.1. The van der Waals surface area contributed by atoms with Crippen LogP contribution in [0.1, 0.15) is 63.9 Å². The summed E-state index contributed by atoms with van der Waals surface area (Å²) in [6.45, 7) is 2.22. The van der Waals surface area contributed by atoms with E-state index in [4.69, 9.17) is 22.5 Å². The largest absolute Gasteiger partial charge is 0.859 e. The van der Waals surface area contributed by atoms with E-state index in [9.17, 15) is 15.0 Å². The first kappa shape index (κ1) is 29.7. The van der Waals surface area contributed by atoms with Crippen LogP contribution in [0.3, 0.4) is 0 Å². The number of carboxylic acids is 1. The number of hydrogen-bond acceptors (Lipinski definition) is 5. The molecule has 0 saturated heterocycles. The van der Waals surface area contributed by atoms with Gasteiger partial charge in [-0.05, 0) is 61.1 Å². The second kappa shape index (κ2) is 16.3. The second-order valence-electron chi connectivity index (χ2n) is 9.48. The highest BCUT2D eigenvalue weighted by Crippen LogP contribution is 2.30. The van der Waals surface area contributed by atoms with Crippen molar-refractivity contribution in [3.8, 4) is 5.88 Å². The number of H-pyrrole nitrogens is 1. The number of aromatic amines is 1. The van der Waals surface area contributed by atoms with Crippen LogP contribution in [0.5, 0.6) is 5.88 Å². The molecule has 10 heteroatoms. The molecule has 0 bridgehead atoms. The van der Waals surface area contributed by atoms with Gasteiger partial charge in [0.1, 0.15) is 0 Å². The Morgan fingerprint density at radius 1 is 1.19 bits per heavy atom. The highest BCUT2D eigenvalue weighted by Gasteiger charge is 2.17. The Hall–Kier alpha value is -3.53. The molecule has 0 unspecified atom stereocenters. The van der Waals surface area contributed by atoms with Crippen molar-refractivity contribution in [1.82, 2.24) is 9.97 Å². The number of nitrogens with zero attached hydrogens (tertiary/aromatic N) is 3. The van der Waals surface area contributed by atoms with Crippen LogP contribution < -0.4 is 22.3 Å². The minimum Gasteiger partial charge on any atom is -0.859 e. The Balaban J connectivity index is 2.17. The zero-order chi connectivity index (χ0) is 27.0. The van der Waals surface area contributed by atoms with Crippen molar-refractivity contribution >= 4 is 17.7 Å². The first-order valence-electron chi connectivity index (χ1n) is 13.0. The van der Waals surface area contributed by atoms with E-state index in [1.165, 1.54) is 6.07 Å². The second-order valence-corrected chi connectivity index (χ2v) is 9.48. The van der Waals surface area contributed by atoms with E-state index in [2.05, 4.69) is 21.9 Å². The van der Waals surface area contributed by atoms with E-state index < -0.39 is 12.0 Å². The fourth-order valence-electron chi connectivity index (χ4n) is 4.38. The van der Waals surface area contributed by atoms with Gasteiger partial charge in [0.2, 0.25) is 0 Å². The fourth-order valence-corrected chi connectivity index (χ4v) is 4.38. The zero-order valence-corrected chi connectivity index (χ0v) is 21.7. The maximum absolute atomic E-state index is 11.6. The van der Waals surface area contributed by atoms with Crippen LogP contribution in [-0.2, 0) is 11.2 Å². The molecule has 0 aromatic carbocycles. The summed E-state index contributed by atoms with van der Waals surface area (Å²) < 4.78 is 0. The summed E-state index contributed by atoms with van der Waals surface area (Å²) in [6, 6.07) is 6.75. The van der Waals surface area contributed by atoms with Gasteiger partial charge in [-0.3, -0.25) is 4.98 Å². The number of aliphatic carboxylic acids is 1. The minimum absolute atomic E-state index is 0.0509. The van der Waals surface area contributed by atoms with Gasteiger partial charge < -0.3 is 37.7 Å². The number of hydrogen-bond donors (Lipinski definition) is 5. The molecule has 204 valence electrons. The van der Waals surface area contributed by atoms with Gasteiger partial charge in [0, 0.05) is 18.3 Å². The van der Waals surface area contributed by atoms with Crippen molar-refractivity contribution in [1.29, 1.82) is 0 Å². The molecule has 2 aromatic heterocycles. The summed E-state index contributed by atoms with van der Waals surface area (Å²) in [5, 5.41) is 25.7. The predicted octanol–water partition coefficient (Wildman–Crippen LogP) is 3.47. The number of nitrogens with two attached hydrogens (primary N) is 3. The van der Waals surface area contributed by atoms with E-state index in [0.717, 1.165) is 63.0 Å². The molecular weight excluding hydrogens is 470 g/mol. The average Bonchev–Trinajstić information content (AvgIpc) is 3.37. The van der Waals surface area contributed by atoms with Crippen LogP contribution >= 0.6 is 0 Å². The highest BCUT2D eigenvalue weighted by atomic mass is 16.4. The summed E-state index contributed by atoms with van der Waals surface area (Å²) in [5.74, 6) is -0.501. The van der Waals surface area contributed by atoms with Gasteiger partial charge in [-0.15, -0.1) is 0 Å². The summed E-state index contributed by atoms with van der Waals surface area (Å²) in [4.78, 5) is 22.6. The van der Waals surface area contributed by atoms with Crippen LogP contribution in [-0.4, -0.2) is 45.6 Å². The number of aromatic nitrogens is 2. The molecule has 0 aliphatic carbocycles. The summed E-state index contributed by atoms with van der Waals surface area (Å²) in [7, 11) is 0. The lowest BCUT2D eigenvalue weighted by atomic mass is 9.87. The SMILES string of the molecule is CCCC[C@H](N)CCC[C@H](CC[C@@H]([N-]c1ccc[nH]1)/C(=C/C(=O)O)CN=C(N)N)Cc1ccc([O-])nc1. The first-order valence-corrected chi connectivity index (χ1v) is 13.0. The molecule has 2 heterocycles. The van der Waals surface area contributed by atoms with Crippen molar-refractivity contribution in [2.45, 2.75) is 76.8 Å². The molecule has 0 spiro atoms. The van der Waals surface area contributed by atoms with E-state index in [1.807, 2.05) is 18.2 Å². The third-order valence-electron chi connectivity index (χ3n) is 6.34. The highest BCUT2D eigenvalue weighted by molar-refractivity contribution is 5.81. The normalized spacial score (nSPS) is 14.1. The van der Waals surface area contributed by atoms with Gasteiger partial charge in [-0.2, -0.15) is 0 Å². The molecule has 0 aliphatic rings. The van der Waals surface area contributed by atoms with Crippen LogP contribution in [0, 0.1) is 5.92 Å². The van der Waals surface area contributed by atoms with Crippen LogP contribution in [0.25, 0.3) is 5.32 Å². The third kappa shape index (κ3) is 12.3. The van der Waals surface area contributed by atoms with Gasteiger partial charge in [-0.1, -0.05) is 68.9 Å². The number of guanidine groups is 1. The molecule has 10 nitrogen and oxygen atoms in total. The molecular formula is C27H41N7O3-2. The number of rotatable bonds is 18. The Morgan fingerprint density at radius 2 is 1.97 bits per heavy atom. The van der Waals surface area contributed by atoms with Crippen molar-refractivity contribution in [3.05, 3.63) is 59.2 Å². The molecule has 0 radical (unpaired) electrons. The van der Waals surface area contributed by atoms with Crippen LogP contribution in [0.15, 0.2) is 53.3 Å². The summed E-state index contributed by atoms with van der Waals surface area (Å²) in [6.07, 6.45) is 12.9. The molecule has 0 aliphatic heterocycles. The van der Waals surface area contributed by atoms with E-state index >= 15 is 0 Å². The summed E-state index contributed by atoms with van der Waals surface area (Å²) >= 11 is 0. The van der Waals surface area contributed by atoms with Gasteiger partial charge in [-0.25, -0.2) is 9.79 Å². The summed E-state index contributed by atoms with van der Waals surface area (Å²) in [5.41, 5.74) is 18.8. The smallest absolute Gasteiger partial charge is 0.328 e. The van der Waals surface area contributed by atoms with Gasteiger partial charge >= 0.3 is 5.97 Å². The molecule has 0 saturated carbocycles. The van der Waals surface area contributed by atoms with Gasteiger partial charge in [0.15, 0.2) is 5.96 Å². The van der Waals surface area contributed by atoms with Gasteiger partial charge in [0.25, 0.3) is 0 Å². The van der Waals surface area contributed by atoms with Crippen LogP contribution in [0.4, 0.5) is 5.82 Å². The molecule has 8 N–H and O–H groups in total. The number of nitrogens with one attached hydrogen (secondary N) is 1.